The van der Waals surface area contributed by atoms with Crippen LogP contribution in [0.2, 0.25) is 0 Å². The van der Waals surface area contributed by atoms with Crippen molar-refractivity contribution in [1.29, 1.82) is 0 Å². The van der Waals surface area contributed by atoms with E-state index in [1.54, 1.807) is 18.9 Å². The van der Waals surface area contributed by atoms with Gasteiger partial charge in [0.2, 0.25) is 0 Å². The maximum atomic E-state index is 5.32. The molecule has 0 saturated heterocycles. The van der Waals surface area contributed by atoms with Gasteiger partial charge in [-0.15, -0.1) is 11.8 Å². The van der Waals surface area contributed by atoms with Gasteiger partial charge in [0.1, 0.15) is 5.75 Å². The van der Waals surface area contributed by atoms with Gasteiger partial charge in [0.25, 0.3) is 0 Å². The molecule has 0 amide bonds. The summed E-state index contributed by atoms with van der Waals surface area (Å²) in [5.74, 6) is 0.955. The lowest BCUT2D eigenvalue weighted by Gasteiger charge is -2.09. The summed E-state index contributed by atoms with van der Waals surface area (Å²) in [7, 11) is 1.71. The minimum absolute atomic E-state index is 0.955. The molecule has 0 saturated carbocycles. The Labute approximate surface area is 88.1 Å². The topological polar surface area (TPSA) is 9.23 Å². The maximum Gasteiger partial charge on any atom is 0.133 e. The summed E-state index contributed by atoms with van der Waals surface area (Å²) >= 11 is 1.72. The summed E-state index contributed by atoms with van der Waals surface area (Å²) in [6.45, 7) is 0. The van der Waals surface area contributed by atoms with Crippen LogP contribution in [-0.2, 0) is 0 Å². The van der Waals surface area contributed by atoms with E-state index in [1.807, 2.05) is 6.07 Å². The van der Waals surface area contributed by atoms with E-state index in [1.165, 1.54) is 15.7 Å². The predicted molar refractivity (Wildman–Crippen MR) is 62.3 cm³/mol. The Balaban J connectivity index is 2.77. The molecule has 0 bridgehead atoms. The van der Waals surface area contributed by atoms with Gasteiger partial charge in [-0.05, 0) is 23.1 Å². The zero-order chi connectivity index (χ0) is 9.97. The fourth-order valence-corrected chi connectivity index (χ4v) is 2.35. The Bertz CT molecular complexity index is 451. The van der Waals surface area contributed by atoms with Crippen LogP contribution in [0.5, 0.6) is 5.75 Å². The number of hydrogen-bond donors (Lipinski definition) is 0. The molecule has 72 valence electrons. The van der Waals surface area contributed by atoms with Gasteiger partial charge in [-0.3, -0.25) is 0 Å². The van der Waals surface area contributed by atoms with Crippen molar-refractivity contribution in [2.75, 3.05) is 13.4 Å². The van der Waals surface area contributed by atoms with Crippen molar-refractivity contribution >= 4 is 22.5 Å². The Morgan fingerprint density at radius 2 is 1.86 bits per heavy atom. The Hall–Kier alpha value is -1.15. The molecule has 0 spiro atoms. The molecule has 0 heterocycles. The molecule has 0 aromatic heterocycles. The van der Waals surface area contributed by atoms with Crippen LogP contribution in [0, 0.1) is 0 Å². The minimum atomic E-state index is 0.955. The molecule has 1 nitrogen and oxygen atoms in total. The van der Waals surface area contributed by atoms with Gasteiger partial charge in [-0.25, -0.2) is 0 Å². The molecule has 14 heavy (non-hydrogen) atoms. The first-order chi connectivity index (χ1) is 6.86. The second-order valence-electron chi connectivity index (χ2n) is 3.02. The van der Waals surface area contributed by atoms with E-state index < -0.39 is 0 Å². The van der Waals surface area contributed by atoms with Gasteiger partial charge in [0.05, 0.1) is 12.0 Å². The number of thioether (sulfide) groups is 1. The third kappa shape index (κ3) is 1.46. The van der Waals surface area contributed by atoms with Crippen LogP contribution in [0.4, 0.5) is 0 Å². The SMILES string of the molecule is COc1ccc2ccccc2c1SC. The van der Waals surface area contributed by atoms with Gasteiger partial charge < -0.3 is 4.74 Å². The second kappa shape index (κ2) is 3.93. The van der Waals surface area contributed by atoms with E-state index in [2.05, 4.69) is 36.6 Å². The van der Waals surface area contributed by atoms with Crippen LogP contribution >= 0.6 is 11.8 Å². The number of methoxy groups -OCH3 is 1. The highest BCUT2D eigenvalue weighted by Gasteiger charge is 2.05. The number of rotatable bonds is 2. The molecule has 0 radical (unpaired) electrons. The van der Waals surface area contributed by atoms with Crippen molar-refractivity contribution in [3.63, 3.8) is 0 Å². The van der Waals surface area contributed by atoms with Gasteiger partial charge in [0.15, 0.2) is 0 Å². The molecule has 0 fully saturated rings. The average molecular weight is 204 g/mol. The molecule has 2 rings (SSSR count). The lowest BCUT2D eigenvalue weighted by atomic mass is 10.1. The second-order valence-corrected chi connectivity index (χ2v) is 3.84. The smallest absolute Gasteiger partial charge is 0.133 e. The fraction of sp³-hybridized carbons (Fsp3) is 0.167. The van der Waals surface area contributed by atoms with E-state index in [0.29, 0.717) is 0 Å². The van der Waals surface area contributed by atoms with Crippen molar-refractivity contribution in [2.24, 2.45) is 0 Å². The number of hydrogen-bond acceptors (Lipinski definition) is 2. The number of ether oxygens (including phenoxy) is 1. The molecule has 0 aliphatic rings. The molecular formula is C12H12OS. The Morgan fingerprint density at radius 1 is 1.07 bits per heavy atom. The third-order valence-electron chi connectivity index (χ3n) is 2.27. The summed E-state index contributed by atoms with van der Waals surface area (Å²) in [6.07, 6.45) is 2.07. The molecule has 0 N–H and O–H groups in total. The van der Waals surface area contributed by atoms with E-state index in [0.717, 1.165) is 5.75 Å². The number of benzene rings is 2. The lowest BCUT2D eigenvalue weighted by Crippen LogP contribution is -1.86. The molecule has 2 aromatic carbocycles. The monoisotopic (exact) mass is 204 g/mol. The van der Waals surface area contributed by atoms with Crippen molar-refractivity contribution in [1.82, 2.24) is 0 Å². The Morgan fingerprint density at radius 3 is 2.57 bits per heavy atom. The third-order valence-corrected chi connectivity index (χ3v) is 3.10. The zero-order valence-corrected chi connectivity index (χ0v) is 9.10. The van der Waals surface area contributed by atoms with Gasteiger partial charge in [-0.2, -0.15) is 0 Å². The van der Waals surface area contributed by atoms with E-state index in [9.17, 15) is 0 Å². The summed E-state index contributed by atoms with van der Waals surface area (Å²) in [6, 6.07) is 12.5. The first-order valence-corrected chi connectivity index (χ1v) is 5.69. The van der Waals surface area contributed by atoms with Crippen LogP contribution in [-0.4, -0.2) is 13.4 Å². The summed E-state index contributed by atoms with van der Waals surface area (Å²) in [5.41, 5.74) is 0. The lowest BCUT2D eigenvalue weighted by molar-refractivity contribution is 0.406. The van der Waals surface area contributed by atoms with Crippen LogP contribution < -0.4 is 4.74 Å². The highest BCUT2D eigenvalue weighted by atomic mass is 32.2. The van der Waals surface area contributed by atoms with E-state index in [-0.39, 0.29) is 0 Å². The molecule has 2 heteroatoms. The van der Waals surface area contributed by atoms with Gasteiger partial charge >= 0.3 is 0 Å². The summed E-state index contributed by atoms with van der Waals surface area (Å²) < 4.78 is 5.32. The van der Waals surface area contributed by atoms with Crippen LogP contribution in [0.15, 0.2) is 41.3 Å². The largest absolute Gasteiger partial charge is 0.496 e. The van der Waals surface area contributed by atoms with Crippen molar-refractivity contribution < 1.29 is 4.74 Å². The van der Waals surface area contributed by atoms with Gasteiger partial charge in [0, 0.05) is 0 Å². The van der Waals surface area contributed by atoms with E-state index >= 15 is 0 Å². The highest BCUT2D eigenvalue weighted by Crippen LogP contribution is 2.34. The first-order valence-electron chi connectivity index (χ1n) is 4.46. The first kappa shape index (κ1) is 9.41. The van der Waals surface area contributed by atoms with Gasteiger partial charge in [-0.1, -0.05) is 30.3 Å². The molecule has 0 aliphatic heterocycles. The van der Waals surface area contributed by atoms with E-state index in [4.69, 9.17) is 4.74 Å². The van der Waals surface area contributed by atoms with Crippen LogP contribution in [0.25, 0.3) is 10.8 Å². The Kier molecular flexibility index (Phi) is 2.64. The molecule has 0 aliphatic carbocycles. The molecule has 2 aromatic rings. The molecular weight excluding hydrogens is 192 g/mol. The van der Waals surface area contributed by atoms with Crippen LogP contribution in [0.3, 0.4) is 0 Å². The number of fused-ring (bicyclic) bond motifs is 1. The van der Waals surface area contributed by atoms with Crippen LogP contribution in [0.1, 0.15) is 0 Å². The van der Waals surface area contributed by atoms with Crippen molar-refractivity contribution in [3.05, 3.63) is 36.4 Å². The minimum Gasteiger partial charge on any atom is -0.496 e. The summed E-state index contributed by atoms with van der Waals surface area (Å²) in [5, 5.41) is 2.53. The maximum absolute atomic E-state index is 5.32. The van der Waals surface area contributed by atoms with Crippen molar-refractivity contribution in [3.8, 4) is 5.75 Å². The summed E-state index contributed by atoms with van der Waals surface area (Å²) in [4.78, 5) is 1.21. The fourth-order valence-electron chi connectivity index (χ4n) is 1.59. The normalized spacial score (nSPS) is 10.4. The standard InChI is InChI=1S/C12H12OS/c1-13-11-8-7-9-5-3-4-6-10(9)12(11)14-2/h3-8H,1-2H3. The highest BCUT2D eigenvalue weighted by molar-refractivity contribution is 7.99. The molecule has 0 atom stereocenters. The average Bonchev–Trinajstić information content (AvgIpc) is 2.27. The van der Waals surface area contributed by atoms with Crippen molar-refractivity contribution in [2.45, 2.75) is 4.90 Å². The predicted octanol–water partition coefficient (Wildman–Crippen LogP) is 3.57. The molecule has 0 unspecified atom stereocenters. The zero-order valence-electron chi connectivity index (χ0n) is 8.28. The quantitative estimate of drug-likeness (QED) is 0.692.